The van der Waals surface area contributed by atoms with E-state index in [1.165, 1.54) is 38.2 Å². The van der Waals surface area contributed by atoms with Crippen molar-refractivity contribution in [2.75, 3.05) is 0 Å². The maximum atomic E-state index is 14.8. The minimum atomic E-state index is -5.40. The molecule has 0 aromatic heterocycles. The highest BCUT2D eigenvalue weighted by Gasteiger charge is 2.40. The van der Waals surface area contributed by atoms with Crippen molar-refractivity contribution < 1.29 is 44.6 Å². The molecule has 0 spiro atoms. The highest BCUT2D eigenvalue weighted by Crippen LogP contribution is 2.45. The van der Waals surface area contributed by atoms with E-state index in [-0.39, 0.29) is 18.1 Å². The van der Waals surface area contributed by atoms with Crippen LogP contribution in [0.4, 0.5) is 35.1 Å². The molecule has 0 heterocycles. The zero-order chi connectivity index (χ0) is 27.7. The van der Waals surface area contributed by atoms with Gasteiger partial charge >= 0.3 is 12.5 Å². The molecule has 0 atom stereocenters. The summed E-state index contributed by atoms with van der Waals surface area (Å²) in [5.74, 6) is -5.77. The second-order valence-electron chi connectivity index (χ2n) is 10.4. The summed E-state index contributed by atoms with van der Waals surface area (Å²) in [6, 6.07) is 3.52. The summed E-state index contributed by atoms with van der Waals surface area (Å²) in [5.41, 5.74) is -0.556. The van der Waals surface area contributed by atoms with Crippen LogP contribution < -0.4 is 9.47 Å². The van der Waals surface area contributed by atoms with Gasteiger partial charge in [-0.3, -0.25) is 0 Å². The Hall–Kier alpha value is -2.52. The summed E-state index contributed by atoms with van der Waals surface area (Å²) < 4.78 is 116. The van der Waals surface area contributed by atoms with Gasteiger partial charge in [-0.1, -0.05) is 32.3 Å². The molecule has 4 rings (SSSR count). The summed E-state index contributed by atoms with van der Waals surface area (Å²) >= 11 is 0. The maximum Gasteiger partial charge on any atom is 0.573 e. The number of ether oxygens (including phenoxy) is 2. The van der Waals surface area contributed by atoms with Crippen LogP contribution in [0.15, 0.2) is 30.3 Å². The van der Waals surface area contributed by atoms with Crippen LogP contribution in [0.1, 0.15) is 81.8 Å². The van der Waals surface area contributed by atoms with Gasteiger partial charge in [-0.05, 0) is 79.9 Å². The Morgan fingerprint density at radius 2 is 1.26 bits per heavy atom. The van der Waals surface area contributed by atoms with Crippen LogP contribution in [-0.2, 0) is 6.11 Å². The van der Waals surface area contributed by atoms with Crippen molar-refractivity contribution >= 4 is 0 Å². The smallest absolute Gasteiger partial charge is 0.429 e. The quantitative estimate of drug-likeness (QED) is 0.320. The molecule has 38 heavy (non-hydrogen) atoms. The van der Waals surface area contributed by atoms with Gasteiger partial charge in [0.25, 0.3) is 0 Å². The van der Waals surface area contributed by atoms with Crippen LogP contribution in [-0.4, -0.2) is 6.36 Å². The third-order valence-corrected chi connectivity index (χ3v) is 8.12. The van der Waals surface area contributed by atoms with Crippen molar-refractivity contribution in [2.24, 2.45) is 17.8 Å². The molecule has 2 fully saturated rings. The average Bonchev–Trinajstić information content (AvgIpc) is 2.85. The third-order valence-electron chi connectivity index (χ3n) is 8.12. The van der Waals surface area contributed by atoms with E-state index in [2.05, 4.69) is 16.4 Å². The van der Waals surface area contributed by atoms with Gasteiger partial charge in [0, 0.05) is 12.1 Å². The van der Waals surface area contributed by atoms with E-state index in [0.717, 1.165) is 49.7 Å². The van der Waals surface area contributed by atoms with Gasteiger partial charge in [0.05, 0.1) is 5.56 Å². The SMILES string of the molecule is CC[C@H]1CC[C@H]([C@H]2CC[C@H](c3ccc(C(F)(F)Oc4cc(F)c(OC(F)(F)F)c(F)c4)c(F)c3)CC2)CC1. The molecule has 0 amide bonds. The molecule has 210 valence electrons. The van der Waals surface area contributed by atoms with Gasteiger partial charge in [0.2, 0.25) is 5.75 Å². The van der Waals surface area contributed by atoms with E-state index in [9.17, 15) is 35.1 Å². The van der Waals surface area contributed by atoms with Crippen molar-refractivity contribution in [1.82, 2.24) is 0 Å². The predicted molar refractivity (Wildman–Crippen MR) is 124 cm³/mol. The van der Waals surface area contributed by atoms with E-state index < -0.39 is 47.0 Å². The first-order valence-electron chi connectivity index (χ1n) is 13.0. The highest BCUT2D eigenvalue weighted by atomic mass is 19.4. The highest BCUT2D eigenvalue weighted by molar-refractivity contribution is 5.36. The molecule has 0 unspecified atom stereocenters. The summed E-state index contributed by atoms with van der Waals surface area (Å²) in [7, 11) is 0. The number of hydrogen-bond acceptors (Lipinski definition) is 2. The minimum absolute atomic E-state index is 0.0423. The monoisotopic (exact) mass is 550 g/mol. The van der Waals surface area contributed by atoms with Crippen LogP contribution in [0.2, 0.25) is 0 Å². The van der Waals surface area contributed by atoms with Crippen molar-refractivity contribution in [2.45, 2.75) is 83.1 Å². The lowest BCUT2D eigenvalue weighted by atomic mass is 9.68. The number of halogens is 8. The second kappa shape index (κ2) is 11.3. The zero-order valence-corrected chi connectivity index (χ0v) is 20.9. The standard InChI is InChI=1S/C28H30F8O2/c1-2-16-3-5-17(6-4-16)18-7-9-19(10-8-18)20-11-12-22(23(29)13-20)27(32,33)37-21-14-24(30)26(25(31)15-21)38-28(34,35)36/h11-19H,2-10H2,1H3/t16-,17-,18-,19-. The Kier molecular flexibility index (Phi) is 8.47. The van der Waals surface area contributed by atoms with E-state index in [4.69, 9.17) is 0 Å². The maximum absolute atomic E-state index is 14.8. The predicted octanol–water partition coefficient (Wildman–Crippen LogP) is 9.62. The van der Waals surface area contributed by atoms with Crippen LogP contribution >= 0.6 is 0 Å². The van der Waals surface area contributed by atoms with Crippen LogP contribution in [0.25, 0.3) is 0 Å². The van der Waals surface area contributed by atoms with Crippen LogP contribution in [0.5, 0.6) is 11.5 Å². The second-order valence-corrected chi connectivity index (χ2v) is 10.4. The Bertz CT molecular complexity index is 1080. The molecule has 0 saturated heterocycles. The largest absolute Gasteiger partial charge is 0.573 e. The topological polar surface area (TPSA) is 18.5 Å². The van der Waals surface area contributed by atoms with E-state index >= 15 is 0 Å². The third kappa shape index (κ3) is 6.72. The van der Waals surface area contributed by atoms with Crippen molar-refractivity contribution in [3.8, 4) is 11.5 Å². The lowest BCUT2D eigenvalue weighted by Crippen LogP contribution is -2.26. The summed E-state index contributed by atoms with van der Waals surface area (Å²) in [5, 5.41) is 0. The molecule has 0 bridgehead atoms. The molecule has 2 aliphatic rings. The van der Waals surface area contributed by atoms with Crippen molar-refractivity contribution in [3.05, 3.63) is 58.9 Å². The molecule has 2 nitrogen and oxygen atoms in total. The van der Waals surface area contributed by atoms with Crippen molar-refractivity contribution in [3.63, 3.8) is 0 Å². The van der Waals surface area contributed by atoms with Gasteiger partial charge in [-0.2, -0.15) is 8.78 Å². The van der Waals surface area contributed by atoms with Gasteiger partial charge in [-0.15, -0.1) is 13.2 Å². The number of rotatable bonds is 7. The first kappa shape index (κ1) is 28.5. The van der Waals surface area contributed by atoms with Gasteiger partial charge < -0.3 is 9.47 Å². The van der Waals surface area contributed by atoms with E-state index in [1.54, 1.807) is 0 Å². The normalized spacial score (nSPS) is 24.8. The fraction of sp³-hybridized carbons (Fsp3) is 0.571. The minimum Gasteiger partial charge on any atom is -0.429 e. The lowest BCUT2D eigenvalue weighted by molar-refractivity contribution is -0.276. The van der Waals surface area contributed by atoms with Crippen LogP contribution in [0, 0.1) is 35.2 Å². The number of alkyl halides is 5. The molecule has 2 saturated carbocycles. The van der Waals surface area contributed by atoms with E-state index in [0.29, 0.717) is 11.5 Å². The molecule has 2 aromatic carbocycles. The number of hydrogen-bond donors (Lipinski definition) is 0. The molecular weight excluding hydrogens is 520 g/mol. The molecular formula is C28H30F8O2. The summed E-state index contributed by atoms with van der Waals surface area (Å²) in [6.07, 6.45) is 0.237. The number of benzene rings is 2. The average molecular weight is 551 g/mol. The fourth-order valence-electron chi connectivity index (χ4n) is 6.02. The molecule has 0 radical (unpaired) electrons. The summed E-state index contributed by atoms with van der Waals surface area (Å²) in [4.78, 5) is 0. The lowest BCUT2D eigenvalue weighted by Gasteiger charge is -2.38. The molecule has 2 aliphatic carbocycles. The molecule has 10 heteroatoms. The Morgan fingerprint density at radius 1 is 0.711 bits per heavy atom. The first-order chi connectivity index (χ1) is 17.9. The van der Waals surface area contributed by atoms with Gasteiger partial charge in [-0.25, -0.2) is 13.2 Å². The fourth-order valence-corrected chi connectivity index (χ4v) is 6.02. The first-order valence-corrected chi connectivity index (χ1v) is 13.0. The Labute approximate surface area is 216 Å². The van der Waals surface area contributed by atoms with Gasteiger partial charge in [0.15, 0.2) is 11.6 Å². The molecule has 0 aliphatic heterocycles. The van der Waals surface area contributed by atoms with Crippen LogP contribution in [0.3, 0.4) is 0 Å². The molecule has 2 aromatic rings. The van der Waals surface area contributed by atoms with Gasteiger partial charge in [0.1, 0.15) is 11.6 Å². The zero-order valence-electron chi connectivity index (χ0n) is 20.9. The van der Waals surface area contributed by atoms with Crippen molar-refractivity contribution in [1.29, 1.82) is 0 Å². The Balaban J connectivity index is 1.40. The molecule has 0 N–H and O–H groups in total. The van der Waals surface area contributed by atoms with E-state index in [1.807, 2.05) is 0 Å². The Morgan fingerprint density at radius 3 is 1.76 bits per heavy atom. The summed E-state index contributed by atoms with van der Waals surface area (Å²) in [6.45, 7) is 2.23.